The van der Waals surface area contributed by atoms with Gasteiger partial charge in [-0.1, -0.05) is 91.5 Å². The highest BCUT2D eigenvalue weighted by molar-refractivity contribution is 5.86. The first-order valence-corrected chi connectivity index (χ1v) is 14.6. The Bertz CT molecular complexity index is 688. The summed E-state index contributed by atoms with van der Waals surface area (Å²) < 4.78 is 4.67. The molecule has 3 atom stereocenters. The summed E-state index contributed by atoms with van der Waals surface area (Å²) in [7, 11) is 0. The Morgan fingerprint density at radius 2 is 1.68 bits per heavy atom. The number of Topliss-reactive ketones (excluding diaryl/α,β-unsaturated/α-hetero) is 1. The second-order valence-corrected chi connectivity index (χ2v) is 10.6. The lowest BCUT2D eigenvalue weighted by atomic mass is 9.74. The summed E-state index contributed by atoms with van der Waals surface area (Å²) in [6.07, 6.45) is 17.3. The van der Waals surface area contributed by atoms with Gasteiger partial charge in [-0.25, -0.2) is 0 Å². The molecule has 0 aromatic heterocycles. The number of ether oxygens (including phenoxy) is 1. The van der Waals surface area contributed by atoms with E-state index in [2.05, 4.69) is 43.5 Å². The van der Waals surface area contributed by atoms with Gasteiger partial charge in [0.15, 0.2) is 0 Å². The van der Waals surface area contributed by atoms with E-state index in [0.717, 1.165) is 37.8 Å². The Morgan fingerprint density at radius 3 is 2.13 bits per heavy atom. The summed E-state index contributed by atoms with van der Waals surface area (Å²) >= 11 is 0. The van der Waals surface area contributed by atoms with Crippen molar-refractivity contribution in [2.45, 2.75) is 134 Å². The van der Waals surface area contributed by atoms with E-state index < -0.39 is 11.5 Å². The average Bonchev–Trinajstić information content (AvgIpc) is 2.90. The predicted molar refractivity (Wildman–Crippen MR) is 166 cm³/mol. The van der Waals surface area contributed by atoms with Gasteiger partial charge < -0.3 is 9.84 Å². The van der Waals surface area contributed by atoms with E-state index in [-0.39, 0.29) is 11.7 Å². The fraction of sp³-hybridized carbons (Fsp3) is 0.727. The highest BCUT2D eigenvalue weighted by atomic mass is 16.5. The molecule has 0 aliphatic rings. The monoisotopic (exact) mass is 535 g/mol. The van der Waals surface area contributed by atoms with Crippen molar-refractivity contribution in [2.75, 3.05) is 6.61 Å². The Hall–Kier alpha value is -2.01. The predicted octanol–water partition coefficient (Wildman–Crippen LogP) is 9.06. The third kappa shape index (κ3) is 22.0. The van der Waals surface area contributed by atoms with Crippen molar-refractivity contribution in [1.82, 2.24) is 0 Å². The third-order valence-corrected chi connectivity index (χ3v) is 6.53. The van der Waals surface area contributed by atoms with Crippen molar-refractivity contribution in [1.29, 1.82) is 0 Å². The van der Waals surface area contributed by atoms with Crippen molar-refractivity contribution in [3.63, 3.8) is 0 Å². The normalized spacial score (nSPS) is 14.7. The molecule has 222 valence electrons. The van der Waals surface area contributed by atoms with Crippen molar-refractivity contribution < 1.29 is 19.4 Å². The minimum atomic E-state index is -0.670. The van der Waals surface area contributed by atoms with Crippen LogP contribution in [0.4, 0.5) is 0 Å². The molecular weight excluding hydrogens is 474 g/mol. The van der Waals surface area contributed by atoms with E-state index >= 15 is 0 Å². The van der Waals surface area contributed by atoms with Crippen LogP contribution in [0.2, 0.25) is 0 Å². The minimum Gasteiger partial charge on any atom is -0.468 e. The van der Waals surface area contributed by atoms with Crippen LogP contribution in [0, 0.1) is 17.3 Å². The molecule has 0 aliphatic carbocycles. The number of hydrogen-bond donors (Lipinski definition) is 1. The molecular formula is C33H61NO4. The van der Waals surface area contributed by atoms with E-state index in [1.807, 2.05) is 66.7 Å². The number of aliphatic imine (C=N–C) groups is 1. The standard InChI is InChI=1S/C21H38O4.C8H13N.C4H10/c1-7-19(23)21(5,6)20(24)18(4)14-17(3)11-8-10-16(2)12-9-13-25-15-22;1-4-7-8(5-2)9-6-3;1-3-4-2/h12,15,17-19,23H,7-11,13-14H2,1-6H3;4-7H,1-3H3;3-4H2,1-2H3/b16-12-;7-4-,8-5-,9-6?;. The summed E-state index contributed by atoms with van der Waals surface area (Å²) in [6, 6.07) is 0. The fourth-order valence-electron chi connectivity index (χ4n) is 3.92. The first-order chi connectivity index (χ1) is 17.9. The molecule has 0 spiro atoms. The van der Waals surface area contributed by atoms with Crippen LogP contribution < -0.4 is 0 Å². The van der Waals surface area contributed by atoms with Gasteiger partial charge in [0.25, 0.3) is 6.47 Å². The molecule has 3 unspecified atom stereocenters. The zero-order valence-corrected chi connectivity index (χ0v) is 26.7. The highest BCUT2D eigenvalue weighted by Crippen LogP contribution is 2.31. The molecule has 0 bridgehead atoms. The number of aliphatic hydroxyl groups is 1. The van der Waals surface area contributed by atoms with Crippen LogP contribution in [0.3, 0.4) is 0 Å². The van der Waals surface area contributed by atoms with Gasteiger partial charge in [0.2, 0.25) is 0 Å². The molecule has 0 saturated heterocycles. The van der Waals surface area contributed by atoms with Gasteiger partial charge in [-0.2, -0.15) is 0 Å². The molecule has 0 saturated carbocycles. The quantitative estimate of drug-likeness (QED) is 0.0662. The lowest BCUT2D eigenvalue weighted by molar-refractivity contribution is -0.137. The molecule has 0 rings (SSSR count). The smallest absolute Gasteiger partial charge is 0.293 e. The number of aliphatic hydroxyl groups excluding tert-OH is 1. The molecule has 0 aliphatic heterocycles. The minimum absolute atomic E-state index is 0.0247. The Morgan fingerprint density at radius 1 is 1.08 bits per heavy atom. The van der Waals surface area contributed by atoms with Crippen LogP contribution in [-0.4, -0.2) is 36.3 Å². The second-order valence-electron chi connectivity index (χ2n) is 10.6. The first-order valence-electron chi connectivity index (χ1n) is 14.6. The van der Waals surface area contributed by atoms with Crippen molar-refractivity contribution >= 4 is 18.5 Å². The maximum atomic E-state index is 12.6. The Balaban J connectivity index is -0.000000774. The van der Waals surface area contributed by atoms with Crippen LogP contribution in [-0.2, 0) is 14.3 Å². The topological polar surface area (TPSA) is 76.0 Å². The van der Waals surface area contributed by atoms with E-state index in [1.165, 1.54) is 18.4 Å². The lowest BCUT2D eigenvalue weighted by Crippen LogP contribution is -2.40. The van der Waals surface area contributed by atoms with Gasteiger partial charge in [0.05, 0.1) is 18.4 Å². The molecule has 0 aromatic rings. The van der Waals surface area contributed by atoms with Crippen molar-refractivity contribution in [3.05, 3.63) is 35.6 Å². The molecule has 0 heterocycles. The van der Waals surface area contributed by atoms with Crippen LogP contribution in [0.25, 0.3) is 0 Å². The molecule has 1 N–H and O–H groups in total. The molecule has 38 heavy (non-hydrogen) atoms. The Labute approximate surface area is 235 Å². The number of ketones is 1. The van der Waals surface area contributed by atoms with E-state index in [0.29, 0.717) is 25.4 Å². The zero-order valence-electron chi connectivity index (χ0n) is 26.7. The summed E-state index contributed by atoms with van der Waals surface area (Å²) in [4.78, 5) is 26.8. The number of unbranched alkanes of at least 4 members (excludes halogenated alkanes) is 1. The van der Waals surface area contributed by atoms with Gasteiger partial charge in [0, 0.05) is 17.5 Å². The van der Waals surface area contributed by atoms with E-state index in [9.17, 15) is 14.7 Å². The highest BCUT2D eigenvalue weighted by Gasteiger charge is 2.37. The van der Waals surface area contributed by atoms with Gasteiger partial charge in [0.1, 0.15) is 5.78 Å². The van der Waals surface area contributed by atoms with Crippen LogP contribution in [0.5, 0.6) is 0 Å². The van der Waals surface area contributed by atoms with Gasteiger partial charge >= 0.3 is 0 Å². The van der Waals surface area contributed by atoms with Gasteiger partial charge in [-0.3, -0.25) is 14.6 Å². The first kappa shape index (κ1) is 40.5. The fourth-order valence-corrected chi connectivity index (χ4v) is 3.92. The van der Waals surface area contributed by atoms with Crippen LogP contribution in [0.15, 0.2) is 40.6 Å². The second kappa shape index (κ2) is 26.6. The molecule has 5 heteroatoms. The molecule has 0 radical (unpaired) electrons. The summed E-state index contributed by atoms with van der Waals surface area (Å²) in [5.74, 6) is 0.628. The van der Waals surface area contributed by atoms with E-state index in [1.54, 1.807) is 6.21 Å². The SMILES string of the molecule is CC=NC(/C=C\C)=C\C.CCC(O)C(C)(C)C(=O)C(C)CC(C)CCC/C(C)=C\CCOC=O.CCCC. The van der Waals surface area contributed by atoms with Gasteiger partial charge in [-0.05, 0) is 71.8 Å². The number of hydrogen-bond acceptors (Lipinski definition) is 5. The maximum Gasteiger partial charge on any atom is 0.293 e. The summed E-state index contributed by atoms with van der Waals surface area (Å²) in [5.41, 5.74) is 1.66. The Kier molecular flexibility index (Phi) is 28.3. The average molecular weight is 536 g/mol. The number of allylic oxidation sites excluding steroid dienone is 4. The molecule has 0 fully saturated rings. The summed E-state index contributed by atoms with van der Waals surface area (Å²) in [5, 5.41) is 10.1. The van der Waals surface area contributed by atoms with Crippen LogP contribution >= 0.6 is 0 Å². The van der Waals surface area contributed by atoms with Gasteiger partial charge in [-0.15, -0.1) is 0 Å². The van der Waals surface area contributed by atoms with Crippen LogP contribution in [0.1, 0.15) is 128 Å². The number of carbonyl (C=O) groups excluding carboxylic acids is 2. The lowest BCUT2D eigenvalue weighted by Gasteiger charge is -2.31. The number of nitrogens with zero attached hydrogens (tertiary/aromatic N) is 1. The zero-order chi connectivity index (χ0) is 30.0. The van der Waals surface area contributed by atoms with E-state index in [4.69, 9.17) is 0 Å². The van der Waals surface area contributed by atoms with Crippen molar-refractivity contribution in [2.24, 2.45) is 22.2 Å². The molecule has 0 amide bonds. The largest absolute Gasteiger partial charge is 0.468 e. The third-order valence-electron chi connectivity index (χ3n) is 6.53. The number of rotatable bonds is 17. The maximum absolute atomic E-state index is 12.6. The molecule has 5 nitrogen and oxygen atoms in total. The van der Waals surface area contributed by atoms with Crippen molar-refractivity contribution in [3.8, 4) is 0 Å². The number of carbonyl (C=O) groups is 2. The summed E-state index contributed by atoms with van der Waals surface area (Å²) in [6.45, 7) is 23.1. The molecule has 0 aromatic carbocycles.